The summed E-state index contributed by atoms with van der Waals surface area (Å²) in [4.78, 5) is 14.6. The quantitative estimate of drug-likeness (QED) is 0.818. The molecule has 7 nitrogen and oxygen atoms in total. The van der Waals surface area contributed by atoms with Gasteiger partial charge < -0.3 is 19.8 Å². The van der Waals surface area contributed by atoms with Gasteiger partial charge in [-0.2, -0.15) is 5.26 Å². The van der Waals surface area contributed by atoms with Gasteiger partial charge in [0.05, 0.1) is 31.7 Å². The number of ether oxygens (including phenoxy) is 1. The normalized spacial score (nSPS) is 15.7. The van der Waals surface area contributed by atoms with E-state index in [1.54, 1.807) is 12.1 Å². The number of carbonyl (C=O) groups is 1. The number of morpholine rings is 1. The summed E-state index contributed by atoms with van der Waals surface area (Å²) in [7, 11) is 0. The van der Waals surface area contributed by atoms with E-state index in [-0.39, 0.29) is 12.1 Å². The molecule has 142 valence electrons. The van der Waals surface area contributed by atoms with E-state index in [4.69, 9.17) is 14.4 Å². The predicted octanol–water partition coefficient (Wildman–Crippen LogP) is 2.85. The lowest BCUT2D eigenvalue weighted by Gasteiger charge is -2.33. The molecular formula is C20H24N4O3. The highest BCUT2D eigenvalue weighted by Gasteiger charge is 2.25. The van der Waals surface area contributed by atoms with Gasteiger partial charge in [-0.1, -0.05) is 12.1 Å². The van der Waals surface area contributed by atoms with Gasteiger partial charge in [0.15, 0.2) is 0 Å². The summed E-state index contributed by atoms with van der Waals surface area (Å²) in [5.41, 5.74) is 1.61. The molecule has 0 saturated carbocycles. The number of rotatable bonds is 6. The molecule has 1 aromatic heterocycles. The molecule has 1 aromatic carbocycles. The minimum absolute atomic E-state index is 0.0358. The number of aryl methyl sites for hydroxylation is 1. The number of amides is 2. The van der Waals surface area contributed by atoms with Crippen LogP contribution in [0.5, 0.6) is 0 Å². The van der Waals surface area contributed by atoms with Crippen LogP contribution in [0.15, 0.2) is 40.8 Å². The second-order valence-corrected chi connectivity index (χ2v) is 6.48. The molecule has 1 aliphatic rings. The third kappa shape index (κ3) is 5.33. The Hall–Kier alpha value is -2.82. The zero-order valence-corrected chi connectivity index (χ0v) is 15.4. The van der Waals surface area contributed by atoms with E-state index < -0.39 is 0 Å². The van der Waals surface area contributed by atoms with Crippen molar-refractivity contribution in [2.24, 2.45) is 0 Å². The molecule has 1 fully saturated rings. The van der Waals surface area contributed by atoms with Gasteiger partial charge in [0.25, 0.3) is 0 Å². The number of nitriles is 1. The molecule has 2 N–H and O–H groups in total. The van der Waals surface area contributed by atoms with Crippen molar-refractivity contribution in [2.45, 2.75) is 19.4 Å². The summed E-state index contributed by atoms with van der Waals surface area (Å²) in [5, 5.41) is 14.5. The molecule has 7 heteroatoms. The Morgan fingerprint density at radius 1 is 1.22 bits per heavy atom. The summed E-state index contributed by atoms with van der Waals surface area (Å²) in [5.74, 6) is 1.70. The minimum atomic E-state index is -0.274. The number of urea groups is 1. The molecule has 0 aliphatic carbocycles. The van der Waals surface area contributed by atoms with Gasteiger partial charge in [-0.3, -0.25) is 4.90 Å². The van der Waals surface area contributed by atoms with Crippen molar-refractivity contribution in [3.05, 3.63) is 53.5 Å². The monoisotopic (exact) mass is 368 g/mol. The van der Waals surface area contributed by atoms with Gasteiger partial charge in [0.1, 0.15) is 11.5 Å². The van der Waals surface area contributed by atoms with Crippen molar-refractivity contribution in [3.63, 3.8) is 0 Å². The second-order valence-electron chi connectivity index (χ2n) is 6.48. The van der Waals surface area contributed by atoms with Crippen LogP contribution in [0.25, 0.3) is 0 Å². The Kier molecular flexibility index (Phi) is 6.47. The van der Waals surface area contributed by atoms with E-state index >= 15 is 0 Å². The third-order valence-corrected chi connectivity index (χ3v) is 4.53. The number of hydrogen-bond acceptors (Lipinski definition) is 5. The Labute approximate surface area is 158 Å². The fraction of sp³-hybridized carbons (Fsp3) is 0.400. The SMILES string of the molecule is Cc1ccc([C@@H](CNC(=O)Nc2ccc(CC#N)cc2)N2CCOCC2)o1. The van der Waals surface area contributed by atoms with E-state index in [0.29, 0.717) is 31.9 Å². The molecule has 2 heterocycles. The first kappa shape index (κ1) is 19.0. The van der Waals surface area contributed by atoms with Crippen LogP contribution >= 0.6 is 0 Å². The lowest BCUT2D eigenvalue weighted by Crippen LogP contribution is -2.44. The van der Waals surface area contributed by atoms with Crippen LogP contribution in [0.4, 0.5) is 10.5 Å². The maximum absolute atomic E-state index is 12.3. The molecule has 1 saturated heterocycles. The Bertz CT molecular complexity index is 788. The van der Waals surface area contributed by atoms with E-state index in [0.717, 1.165) is 30.2 Å². The lowest BCUT2D eigenvalue weighted by molar-refractivity contribution is 0.0122. The lowest BCUT2D eigenvalue weighted by atomic mass is 10.1. The number of anilines is 1. The molecule has 0 bridgehead atoms. The smallest absolute Gasteiger partial charge is 0.319 e. The summed E-state index contributed by atoms with van der Waals surface area (Å²) in [6.07, 6.45) is 0.357. The molecule has 1 aliphatic heterocycles. The van der Waals surface area contributed by atoms with Crippen LogP contribution in [0.2, 0.25) is 0 Å². The van der Waals surface area contributed by atoms with Crippen molar-refractivity contribution >= 4 is 11.7 Å². The fourth-order valence-corrected chi connectivity index (χ4v) is 3.09. The van der Waals surface area contributed by atoms with E-state index in [9.17, 15) is 4.79 Å². The van der Waals surface area contributed by atoms with Crippen LogP contribution in [0.3, 0.4) is 0 Å². The van der Waals surface area contributed by atoms with E-state index in [2.05, 4.69) is 21.6 Å². The van der Waals surface area contributed by atoms with Crippen molar-refractivity contribution in [1.29, 1.82) is 5.26 Å². The molecule has 27 heavy (non-hydrogen) atoms. The van der Waals surface area contributed by atoms with Crippen LogP contribution in [-0.2, 0) is 11.2 Å². The molecule has 0 radical (unpaired) electrons. The standard InChI is InChI=1S/C20H24N4O3/c1-15-2-7-19(27-15)18(24-10-12-26-13-11-24)14-22-20(25)23-17-5-3-16(4-6-17)8-9-21/h2-7,18H,8,10-14H2,1H3,(H2,22,23,25)/t18-/m1/s1. The minimum Gasteiger partial charge on any atom is -0.465 e. The number of nitrogens with zero attached hydrogens (tertiary/aromatic N) is 2. The Morgan fingerprint density at radius 2 is 1.96 bits per heavy atom. The summed E-state index contributed by atoms with van der Waals surface area (Å²) < 4.78 is 11.2. The maximum Gasteiger partial charge on any atom is 0.319 e. The first-order chi connectivity index (χ1) is 13.2. The number of carbonyl (C=O) groups excluding carboxylic acids is 1. The first-order valence-electron chi connectivity index (χ1n) is 9.04. The summed E-state index contributed by atoms with van der Waals surface area (Å²) in [6, 6.07) is 12.9. The molecule has 3 rings (SSSR count). The molecule has 2 aromatic rings. The van der Waals surface area contributed by atoms with Crippen LogP contribution in [-0.4, -0.2) is 43.8 Å². The maximum atomic E-state index is 12.3. The Balaban J connectivity index is 1.59. The van der Waals surface area contributed by atoms with Gasteiger partial charge in [0.2, 0.25) is 0 Å². The van der Waals surface area contributed by atoms with Gasteiger partial charge in [-0.05, 0) is 36.8 Å². The van der Waals surface area contributed by atoms with Crippen LogP contribution in [0.1, 0.15) is 23.1 Å². The fourth-order valence-electron chi connectivity index (χ4n) is 3.09. The topological polar surface area (TPSA) is 90.5 Å². The van der Waals surface area contributed by atoms with Crippen LogP contribution < -0.4 is 10.6 Å². The second kappa shape index (κ2) is 9.21. The zero-order valence-electron chi connectivity index (χ0n) is 15.4. The number of hydrogen-bond donors (Lipinski definition) is 2. The van der Waals surface area contributed by atoms with Crippen molar-refractivity contribution in [3.8, 4) is 6.07 Å². The molecule has 0 unspecified atom stereocenters. The number of benzene rings is 1. The molecule has 2 amide bonds. The van der Waals surface area contributed by atoms with Gasteiger partial charge >= 0.3 is 6.03 Å². The summed E-state index contributed by atoms with van der Waals surface area (Å²) in [6.45, 7) is 5.30. The van der Waals surface area contributed by atoms with Crippen molar-refractivity contribution in [2.75, 3.05) is 38.2 Å². The molecular weight excluding hydrogens is 344 g/mol. The third-order valence-electron chi connectivity index (χ3n) is 4.53. The zero-order chi connectivity index (χ0) is 19.1. The molecule has 1 atom stereocenters. The largest absolute Gasteiger partial charge is 0.465 e. The van der Waals surface area contributed by atoms with Crippen molar-refractivity contribution in [1.82, 2.24) is 10.2 Å². The van der Waals surface area contributed by atoms with Crippen molar-refractivity contribution < 1.29 is 13.9 Å². The Morgan fingerprint density at radius 3 is 2.59 bits per heavy atom. The average Bonchev–Trinajstić information content (AvgIpc) is 3.11. The highest BCUT2D eigenvalue weighted by Crippen LogP contribution is 2.23. The average molecular weight is 368 g/mol. The number of furan rings is 1. The van der Waals surface area contributed by atoms with Gasteiger partial charge in [-0.25, -0.2) is 4.79 Å². The highest BCUT2D eigenvalue weighted by molar-refractivity contribution is 5.89. The van der Waals surface area contributed by atoms with E-state index in [1.165, 1.54) is 0 Å². The number of nitrogens with one attached hydrogen (secondary N) is 2. The van der Waals surface area contributed by atoms with Gasteiger partial charge in [-0.15, -0.1) is 0 Å². The predicted molar refractivity (Wildman–Crippen MR) is 101 cm³/mol. The van der Waals surface area contributed by atoms with E-state index in [1.807, 2.05) is 31.2 Å². The summed E-state index contributed by atoms with van der Waals surface area (Å²) >= 11 is 0. The van der Waals surface area contributed by atoms with Gasteiger partial charge in [0, 0.05) is 25.3 Å². The highest BCUT2D eigenvalue weighted by atomic mass is 16.5. The molecule has 0 spiro atoms. The van der Waals surface area contributed by atoms with Crippen LogP contribution in [0, 0.1) is 18.3 Å². The first-order valence-corrected chi connectivity index (χ1v) is 9.04.